The lowest BCUT2D eigenvalue weighted by Crippen LogP contribution is -2.41. The molecule has 0 aromatic rings. The van der Waals surface area contributed by atoms with E-state index < -0.39 is 33.8 Å². The first-order valence-electron chi connectivity index (χ1n) is 3.35. The number of carbonyl (C=O) groups is 1. The van der Waals surface area contributed by atoms with Crippen LogP contribution in [0, 0.1) is 0 Å². The summed E-state index contributed by atoms with van der Waals surface area (Å²) in [7, 11) is -5.90. The molecular weight excluding hydrogens is 249 g/mol. The first-order valence-corrected chi connectivity index (χ1v) is 4.83. The van der Waals surface area contributed by atoms with E-state index in [0.29, 0.717) is 4.72 Å². The Hall–Kier alpha value is -0.930. The van der Waals surface area contributed by atoms with Crippen LogP contribution in [0.5, 0.6) is 0 Å². The fraction of sp³-hybridized carbons (Fsp3) is 0.800. The Morgan fingerprint density at radius 2 is 1.60 bits per heavy atom. The summed E-state index contributed by atoms with van der Waals surface area (Å²) in [5, 5.41) is 0. The van der Waals surface area contributed by atoms with Gasteiger partial charge in [-0.2, -0.15) is 21.6 Å². The van der Waals surface area contributed by atoms with Gasteiger partial charge in [0.25, 0.3) is 5.92 Å². The third-order valence-electron chi connectivity index (χ3n) is 1.02. The largest absolute Gasteiger partial charge is 0.516 e. The molecule has 0 aliphatic rings. The number of halogens is 5. The van der Waals surface area contributed by atoms with E-state index in [2.05, 4.69) is 0 Å². The standard InChI is InChI=1S/C5H6F5NO3S/c1-4(6,7)2-3(12)11-15(13,14)5(8,9)10/h2H2,1H3,(H,11,12). The minimum absolute atomic E-state index is 0.271. The lowest BCUT2D eigenvalue weighted by molar-refractivity contribution is -0.126. The Labute approximate surface area is 81.5 Å². The second-order valence-corrected chi connectivity index (χ2v) is 4.40. The van der Waals surface area contributed by atoms with E-state index in [1.54, 1.807) is 0 Å². The van der Waals surface area contributed by atoms with Crippen LogP contribution < -0.4 is 4.72 Å². The number of hydrogen-bond donors (Lipinski definition) is 1. The Bertz CT molecular complexity index is 341. The summed E-state index contributed by atoms with van der Waals surface area (Å²) >= 11 is 0. The van der Waals surface area contributed by atoms with E-state index >= 15 is 0 Å². The number of amides is 1. The van der Waals surface area contributed by atoms with Gasteiger partial charge in [-0.25, -0.2) is 13.5 Å². The highest BCUT2D eigenvalue weighted by Gasteiger charge is 2.47. The summed E-state index contributed by atoms with van der Waals surface area (Å²) in [6, 6.07) is 0. The Kier molecular flexibility index (Phi) is 3.67. The molecule has 0 aromatic carbocycles. The van der Waals surface area contributed by atoms with Gasteiger partial charge >= 0.3 is 15.5 Å². The highest BCUT2D eigenvalue weighted by molar-refractivity contribution is 7.90. The predicted octanol–water partition coefficient (Wildman–Crippen LogP) is 0.998. The maximum atomic E-state index is 12.1. The smallest absolute Gasteiger partial charge is 0.274 e. The summed E-state index contributed by atoms with van der Waals surface area (Å²) in [5.74, 6) is -5.50. The quantitative estimate of drug-likeness (QED) is 0.765. The molecule has 0 spiro atoms. The molecule has 0 aliphatic heterocycles. The predicted molar refractivity (Wildman–Crippen MR) is 38.4 cm³/mol. The molecule has 0 aromatic heterocycles. The lowest BCUT2D eigenvalue weighted by Gasteiger charge is -2.12. The third kappa shape index (κ3) is 4.91. The molecule has 0 unspecified atom stereocenters. The molecule has 10 heteroatoms. The van der Waals surface area contributed by atoms with E-state index in [9.17, 15) is 35.2 Å². The highest BCUT2D eigenvalue weighted by atomic mass is 32.2. The third-order valence-corrected chi connectivity index (χ3v) is 2.13. The van der Waals surface area contributed by atoms with Gasteiger partial charge in [-0.3, -0.25) is 4.79 Å². The summed E-state index contributed by atoms with van der Waals surface area (Å²) in [5.41, 5.74) is -5.70. The molecule has 0 bridgehead atoms. The fourth-order valence-electron chi connectivity index (χ4n) is 0.526. The van der Waals surface area contributed by atoms with Crippen LogP contribution in [0.1, 0.15) is 13.3 Å². The number of hydrogen-bond acceptors (Lipinski definition) is 3. The van der Waals surface area contributed by atoms with Gasteiger partial charge < -0.3 is 0 Å². The molecule has 15 heavy (non-hydrogen) atoms. The minimum Gasteiger partial charge on any atom is -0.274 e. The zero-order valence-corrected chi connectivity index (χ0v) is 8.05. The molecule has 0 fully saturated rings. The molecule has 0 atom stereocenters. The van der Waals surface area contributed by atoms with Gasteiger partial charge in [0.2, 0.25) is 5.91 Å². The van der Waals surface area contributed by atoms with Crippen molar-refractivity contribution in [2.45, 2.75) is 24.8 Å². The maximum absolute atomic E-state index is 12.1. The number of nitrogens with one attached hydrogen (secondary N) is 1. The van der Waals surface area contributed by atoms with Crippen molar-refractivity contribution in [1.82, 2.24) is 4.72 Å². The van der Waals surface area contributed by atoms with Gasteiger partial charge in [-0.1, -0.05) is 0 Å². The zero-order chi connectivity index (χ0) is 12.5. The van der Waals surface area contributed by atoms with Gasteiger partial charge in [0.15, 0.2) is 0 Å². The van der Waals surface area contributed by atoms with Crippen molar-refractivity contribution in [1.29, 1.82) is 0 Å². The van der Waals surface area contributed by atoms with Gasteiger partial charge in [-0.15, -0.1) is 0 Å². The average Bonchev–Trinajstić information content (AvgIpc) is 1.75. The lowest BCUT2D eigenvalue weighted by atomic mass is 10.3. The number of rotatable bonds is 3. The molecule has 90 valence electrons. The van der Waals surface area contributed by atoms with Crippen molar-refractivity contribution >= 4 is 15.9 Å². The van der Waals surface area contributed by atoms with Crippen molar-refractivity contribution in [2.75, 3.05) is 0 Å². The molecule has 0 saturated carbocycles. The van der Waals surface area contributed by atoms with Gasteiger partial charge in [0, 0.05) is 0 Å². The molecular formula is C5H6F5NO3S. The van der Waals surface area contributed by atoms with Crippen LogP contribution in [-0.2, 0) is 14.8 Å². The molecule has 0 rings (SSSR count). The second-order valence-electron chi connectivity index (χ2n) is 2.72. The van der Waals surface area contributed by atoms with Crippen LogP contribution in [-0.4, -0.2) is 25.8 Å². The van der Waals surface area contributed by atoms with Crippen LogP contribution in [0.3, 0.4) is 0 Å². The Morgan fingerprint density at radius 1 is 1.20 bits per heavy atom. The van der Waals surface area contributed by atoms with Crippen LogP contribution in [0.15, 0.2) is 0 Å². The molecule has 4 nitrogen and oxygen atoms in total. The van der Waals surface area contributed by atoms with Gasteiger partial charge in [-0.05, 0) is 6.92 Å². The SMILES string of the molecule is CC(F)(F)CC(=O)NS(=O)(=O)C(F)(F)F. The van der Waals surface area contributed by atoms with Gasteiger partial charge in [0.05, 0.1) is 6.42 Å². The summed E-state index contributed by atoms with van der Waals surface area (Å²) < 4.78 is 80.1. The zero-order valence-electron chi connectivity index (χ0n) is 7.23. The van der Waals surface area contributed by atoms with Crippen molar-refractivity contribution in [3.63, 3.8) is 0 Å². The monoisotopic (exact) mass is 255 g/mol. The molecule has 0 saturated heterocycles. The summed E-state index contributed by atoms with van der Waals surface area (Å²) in [6.45, 7) is 0.271. The van der Waals surface area contributed by atoms with Crippen LogP contribution >= 0.6 is 0 Å². The first-order chi connectivity index (χ1) is 6.35. The summed E-state index contributed by atoms with van der Waals surface area (Å²) in [4.78, 5) is 10.5. The molecule has 1 N–H and O–H groups in total. The molecule has 0 aliphatic carbocycles. The van der Waals surface area contributed by atoms with Crippen molar-refractivity contribution < 1.29 is 35.2 Å². The summed E-state index contributed by atoms with van der Waals surface area (Å²) in [6.07, 6.45) is -1.64. The van der Waals surface area contributed by atoms with Crippen LogP contribution in [0.25, 0.3) is 0 Å². The van der Waals surface area contributed by atoms with E-state index in [1.807, 2.05) is 0 Å². The Balaban J connectivity index is 4.58. The number of sulfonamides is 1. The van der Waals surface area contributed by atoms with Gasteiger partial charge in [0.1, 0.15) is 0 Å². The molecule has 0 heterocycles. The number of carbonyl (C=O) groups excluding carboxylic acids is 1. The average molecular weight is 255 g/mol. The van der Waals surface area contributed by atoms with Crippen molar-refractivity contribution in [2.24, 2.45) is 0 Å². The minimum atomic E-state index is -5.90. The van der Waals surface area contributed by atoms with Crippen LogP contribution in [0.4, 0.5) is 22.0 Å². The second kappa shape index (κ2) is 3.91. The topological polar surface area (TPSA) is 63.2 Å². The fourth-order valence-corrected chi connectivity index (χ4v) is 1.01. The Morgan fingerprint density at radius 3 is 1.87 bits per heavy atom. The molecule has 0 radical (unpaired) electrons. The normalized spacial score (nSPS) is 13.7. The van der Waals surface area contributed by atoms with Crippen molar-refractivity contribution in [3.8, 4) is 0 Å². The van der Waals surface area contributed by atoms with E-state index in [1.165, 1.54) is 0 Å². The van der Waals surface area contributed by atoms with E-state index in [4.69, 9.17) is 0 Å². The first kappa shape index (κ1) is 14.1. The van der Waals surface area contributed by atoms with E-state index in [0.717, 1.165) is 0 Å². The maximum Gasteiger partial charge on any atom is 0.516 e. The number of alkyl halides is 5. The van der Waals surface area contributed by atoms with E-state index in [-0.39, 0.29) is 6.92 Å². The van der Waals surface area contributed by atoms with Crippen molar-refractivity contribution in [3.05, 3.63) is 0 Å². The molecule has 1 amide bonds. The van der Waals surface area contributed by atoms with Crippen LogP contribution in [0.2, 0.25) is 0 Å². The highest BCUT2D eigenvalue weighted by Crippen LogP contribution is 2.22.